The molecule has 0 aliphatic carbocycles. The van der Waals surface area contributed by atoms with Crippen LogP contribution in [0.5, 0.6) is 0 Å². The molecule has 33 heavy (non-hydrogen) atoms. The molecule has 2 aromatic carbocycles. The minimum atomic E-state index is -0.260. The monoisotopic (exact) mass is 435 g/mol. The maximum Gasteiger partial charge on any atom is 0.181 e. The maximum atomic E-state index is 13.8. The van der Waals surface area contributed by atoms with Gasteiger partial charge in [-0.25, -0.2) is 9.37 Å². The van der Waals surface area contributed by atoms with Gasteiger partial charge in [0, 0.05) is 33.7 Å². The standard InChI is InChI=1S/C27H22FN5/c1-3-16(12-20(29)4-2)18-13-23-26(32-33-27(23)30-15-18)25-14-22-21(9-6-10-24(22)31-25)17-7-5-8-19(28)11-17/h3-15,31H,2,29H2,1H3,(H,30,32,33)/b16-3+,20-12+. The third-order valence-corrected chi connectivity index (χ3v) is 5.68. The van der Waals surface area contributed by atoms with E-state index in [1.54, 1.807) is 24.4 Å². The molecule has 3 heterocycles. The minimum Gasteiger partial charge on any atom is -0.399 e. The van der Waals surface area contributed by atoms with Crippen LogP contribution in [-0.2, 0) is 0 Å². The zero-order valence-electron chi connectivity index (χ0n) is 18.1. The van der Waals surface area contributed by atoms with Gasteiger partial charge in [-0.3, -0.25) is 5.10 Å². The molecular weight excluding hydrogens is 413 g/mol. The zero-order valence-corrected chi connectivity index (χ0v) is 18.1. The molecule has 0 bridgehead atoms. The Kier molecular flexibility index (Phi) is 5.11. The highest BCUT2D eigenvalue weighted by atomic mass is 19.1. The van der Waals surface area contributed by atoms with Gasteiger partial charge in [-0.05, 0) is 66.1 Å². The van der Waals surface area contributed by atoms with Crippen LogP contribution in [-0.4, -0.2) is 20.2 Å². The van der Waals surface area contributed by atoms with Crippen molar-refractivity contribution >= 4 is 27.5 Å². The highest BCUT2D eigenvalue weighted by molar-refractivity contribution is 6.01. The third kappa shape index (κ3) is 3.72. The highest BCUT2D eigenvalue weighted by Gasteiger charge is 2.15. The number of fused-ring (bicyclic) bond motifs is 2. The van der Waals surface area contributed by atoms with Crippen molar-refractivity contribution in [2.75, 3.05) is 0 Å². The molecule has 0 aliphatic heterocycles. The molecule has 0 aliphatic rings. The largest absolute Gasteiger partial charge is 0.399 e. The molecule has 0 amide bonds. The number of H-pyrrole nitrogens is 2. The average molecular weight is 436 g/mol. The lowest BCUT2D eigenvalue weighted by molar-refractivity contribution is 0.628. The second-order valence-corrected chi connectivity index (χ2v) is 7.75. The Hall–Kier alpha value is -4.45. The van der Waals surface area contributed by atoms with E-state index in [2.05, 4.69) is 32.8 Å². The lowest BCUT2D eigenvalue weighted by atomic mass is 10.0. The molecule has 0 radical (unpaired) electrons. The number of halogens is 1. The van der Waals surface area contributed by atoms with Gasteiger partial charge in [0.25, 0.3) is 0 Å². The summed E-state index contributed by atoms with van der Waals surface area (Å²) in [6.07, 6.45) is 7.23. The number of aromatic amines is 2. The first kappa shape index (κ1) is 20.5. The van der Waals surface area contributed by atoms with Crippen molar-refractivity contribution in [3.8, 4) is 22.5 Å². The van der Waals surface area contributed by atoms with Crippen molar-refractivity contribution in [2.45, 2.75) is 6.92 Å². The van der Waals surface area contributed by atoms with Gasteiger partial charge in [0.15, 0.2) is 5.65 Å². The molecule has 0 fully saturated rings. The molecule has 3 aromatic heterocycles. The number of pyridine rings is 1. The number of nitrogens with one attached hydrogen (secondary N) is 2. The average Bonchev–Trinajstić information content (AvgIpc) is 3.45. The Balaban J connectivity index is 1.64. The molecule has 162 valence electrons. The van der Waals surface area contributed by atoms with Crippen molar-refractivity contribution in [1.29, 1.82) is 0 Å². The molecule has 5 rings (SSSR count). The predicted molar refractivity (Wildman–Crippen MR) is 133 cm³/mol. The first-order valence-electron chi connectivity index (χ1n) is 10.6. The van der Waals surface area contributed by atoms with E-state index < -0.39 is 0 Å². The fraction of sp³-hybridized carbons (Fsp3) is 0.0370. The maximum absolute atomic E-state index is 13.8. The number of nitrogens with two attached hydrogens (primary N) is 1. The quantitative estimate of drug-likeness (QED) is 0.282. The van der Waals surface area contributed by atoms with Gasteiger partial charge in [0.05, 0.1) is 11.4 Å². The van der Waals surface area contributed by atoms with Crippen molar-refractivity contribution in [2.24, 2.45) is 5.73 Å². The predicted octanol–water partition coefficient (Wildman–Crippen LogP) is 6.34. The molecule has 6 heteroatoms. The number of rotatable bonds is 5. The minimum absolute atomic E-state index is 0.260. The summed E-state index contributed by atoms with van der Waals surface area (Å²) in [6.45, 7) is 5.67. The zero-order chi connectivity index (χ0) is 22.9. The summed E-state index contributed by atoms with van der Waals surface area (Å²) >= 11 is 0. The second kappa shape index (κ2) is 8.24. The number of aromatic nitrogens is 4. The lowest BCUT2D eigenvalue weighted by Crippen LogP contribution is -1.93. The van der Waals surface area contributed by atoms with Gasteiger partial charge >= 0.3 is 0 Å². The van der Waals surface area contributed by atoms with E-state index in [1.165, 1.54) is 6.07 Å². The number of benzene rings is 2. The van der Waals surface area contributed by atoms with E-state index in [4.69, 9.17) is 5.73 Å². The van der Waals surface area contributed by atoms with Crippen LogP contribution in [0.4, 0.5) is 4.39 Å². The number of nitrogens with zero attached hydrogens (tertiary/aromatic N) is 2. The van der Waals surface area contributed by atoms with Crippen molar-refractivity contribution in [3.63, 3.8) is 0 Å². The van der Waals surface area contributed by atoms with Gasteiger partial charge in [0.1, 0.15) is 5.82 Å². The van der Waals surface area contributed by atoms with Gasteiger partial charge in [-0.15, -0.1) is 0 Å². The summed E-state index contributed by atoms with van der Waals surface area (Å²) in [6, 6.07) is 16.7. The normalized spacial score (nSPS) is 12.5. The Morgan fingerprint density at radius 2 is 1.94 bits per heavy atom. The first-order valence-corrected chi connectivity index (χ1v) is 10.6. The van der Waals surface area contributed by atoms with Crippen LogP contribution < -0.4 is 5.73 Å². The molecule has 5 nitrogen and oxygen atoms in total. The van der Waals surface area contributed by atoms with E-state index in [0.29, 0.717) is 11.3 Å². The highest BCUT2D eigenvalue weighted by Crippen LogP contribution is 2.34. The molecule has 4 N–H and O–H groups in total. The fourth-order valence-corrected chi connectivity index (χ4v) is 4.03. The third-order valence-electron chi connectivity index (χ3n) is 5.68. The van der Waals surface area contributed by atoms with Crippen molar-refractivity contribution in [3.05, 3.63) is 103 Å². The Bertz CT molecular complexity index is 1570. The second-order valence-electron chi connectivity index (χ2n) is 7.75. The van der Waals surface area contributed by atoms with E-state index in [-0.39, 0.29) is 5.82 Å². The molecule has 0 saturated carbocycles. The SMILES string of the molecule is C=C/C(N)=C\C(=C/C)c1cnc2n[nH]c(-c3cc4c(-c5cccc(F)c5)cccc4[nH]3)c2c1. The molecule has 0 spiro atoms. The Labute approximate surface area is 190 Å². The van der Waals surface area contributed by atoms with Crippen LogP contribution in [0, 0.1) is 5.82 Å². The molecule has 0 saturated heterocycles. The van der Waals surface area contributed by atoms with Crippen molar-refractivity contribution in [1.82, 2.24) is 20.2 Å². The van der Waals surface area contributed by atoms with Crippen LogP contribution >= 0.6 is 0 Å². The molecule has 0 unspecified atom stereocenters. The van der Waals surface area contributed by atoms with Gasteiger partial charge in [-0.2, -0.15) is 5.10 Å². The van der Waals surface area contributed by atoms with E-state index in [1.807, 2.05) is 49.4 Å². The molecule has 0 atom stereocenters. The smallest absolute Gasteiger partial charge is 0.181 e. The van der Waals surface area contributed by atoms with E-state index >= 15 is 0 Å². The summed E-state index contributed by atoms with van der Waals surface area (Å²) in [7, 11) is 0. The Morgan fingerprint density at radius 1 is 1.09 bits per heavy atom. The van der Waals surface area contributed by atoms with Crippen LogP contribution in [0.15, 0.2) is 91.3 Å². The van der Waals surface area contributed by atoms with Crippen LogP contribution in [0.1, 0.15) is 12.5 Å². The van der Waals surface area contributed by atoms with Crippen molar-refractivity contribution < 1.29 is 4.39 Å². The van der Waals surface area contributed by atoms with Crippen LogP contribution in [0.25, 0.3) is 50.0 Å². The number of hydrogen-bond donors (Lipinski definition) is 3. The number of allylic oxidation sites excluding steroid dienone is 4. The summed E-state index contributed by atoms with van der Waals surface area (Å²) in [5.74, 6) is -0.260. The summed E-state index contributed by atoms with van der Waals surface area (Å²) < 4.78 is 13.8. The molecule has 5 aromatic rings. The lowest BCUT2D eigenvalue weighted by Gasteiger charge is -2.04. The van der Waals surface area contributed by atoms with Crippen LogP contribution in [0.2, 0.25) is 0 Å². The fourth-order valence-electron chi connectivity index (χ4n) is 4.03. The van der Waals surface area contributed by atoms with Gasteiger partial charge in [-0.1, -0.05) is 36.9 Å². The summed E-state index contributed by atoms with van der Waals surface area (Å²) in [5.41, 5.74) is 13.5. The Morgan fingerprint density at radius 3 is 2.73 bits per heavy atom. The molecular formula is C27H22FN5. The van der Waals surface area contributed by atoms with Crippen LogP contribution in [0.3, 0.4) is 0 Å². The number of hydrogen-bond acceptors (Lipinski definition) is 3. The first-order chi connectivity index (χ1) is 16.1. The summed E-state index contributed by atoms with van der Waals surface area (Å²) in [4.78, 5) is 7.99. The van der Waals surface area contributed by atoms with E-state index in [9.17, 15) is 4.39 Å². The van der Waals surface area contributed by atoms with Gasteiger partial charge < -0.3 is 10.7 Å². The van der Waals surface area contributed by atoms with Gasteiger partial charge in [0.2, 0.25) is 0 Å². The van der Waals surface area contributed by atoms with E-state index in [0.717, 1.165) is 49.9 Å². The topological polar surface area (TPSA) is 83.4 Å². The summed E-state index contributed by atoms with van der Waals surface area (Å²) in [5, 5.41) is 9.38.